The van der Waals surface area contributed by atoms with Crippen molar-refractivity contribution < 1.29 is 14.3 Å². The van der Waals surface area contributed by atoms with Crippen molar-refractivity contribution in [1.82, 2.24) is 0 Å². The first-order valence-corrected chi connectivity index (χ1v) is 14.3. The van der Waals surface area contributed by atoms with Crippen molar-refractivity contribution in [3.8, 4) is 0 Å². The molecule has 0 N–H and O–H groups in total. The summed E-state index contributed by atoms with van der Waals surface area (Å²) in [7, 11) is 6.57. The Bertz CT molecular complexity index is 1630. The number of hydrogen-bond acceptors (Lipinski definition) is 9. The largest absolute Gasteiger partial charge is 0.366 e. The standard InChI is InChI=1S/C33H35N8O4/c1-5-38(22-23-41(2,3)4)30-20-14-29(15-21-30)36-35-28-12-6-25(7-13-28)24-34-37-33(26-8-16-31(17-9-26)39(42)43)27-10-18-32(19-11-27)40(44)45/h6-21,24H,5,22-23H2,1-4H3/q+1. The highest BCUT2D eigenvalue weighted by Crippen LogP contribution is 2.23. The zero-order valence-electron chi connectivity index (χ0n) is 25.6. The fourth-order valence-corrected chi connectivity index (χ4v) is 4.28. The van der Waals surface area contributed by atoms with Crippen LogP contribution in [0, 0.1) is 20.2 Å². The molecular weight excluding hydrogens is 572 g/mol. The topological polar surface area (TPSA) is 139 Å². The first-order chi connectivity index (χ1) is 21.5. The van der Waals surface area contributed by atoms with Crippen molar-refractivity contribution in [1.29, 1.82) is 0 Å². The van der Waals surface area contributed by atoms with E-state index < -0.39 is 9.85 Å². The number of quaternary nitrogens is 1. The molecule has 0 heterocycles. The Hall–Kier alpha value is -5.62. The molecule has 0 bridgehead atoms. The predicted molar refractivity (Wildman–Crippen MR) is 177 cm³/mol. The van der Waals surface area contributed by atoms with Crippen LogP contribution in [0.3, 0.4) is 0 Å². The normalized spacial score (nSPS) is 11.6. The molecule has 0 saturated heterocycles. The fourth-order valence-electron chi connectivity index (χ4n) is 4.28. The highest BCUT2D eigenvalue weighted by atomic mass is 16.6. The molecular formula is C33H35N8O4+. The van der Waals surface area contributed by atoms with Crippen LogP contribution in [0.1, 0.15) is 23.6 Å². The van der Waals surface area contributed by atoms with Gasteiger partial charge in [0.2, 0.25) is 0 Å². The zero-order valence-corrected chi connectivity index (χ0v) is 25.6. The summed E-state index contributed by atoms with van der Waals surface area (Å²) in [5.74, 6) is 0. The number of benzene rings is 4. The average Bonchev–Trinajstić information content (AvgIpc) is 3.03. The molecule has 0 fully saturated rings. The summed E-state index contributed by atoms with van der Waals surface area (Å²) in [6.07, 6.45) is 1.56. The Balaban J connectivity index is 1.46. The van der Waals surface area contributed by atoms with Crippen LogP contribution in [0.25, 0.3) is 0 Å². The van der Waals surface area contributed by atoms with E-state index in [1.54, 1.807) is 30.5 Å². The Morgan fingerprint density at radius 1 is 0.733 bits per heavy atom. The average molecular weight is 608 g/mol. The molecule has 0 aromatic heterocycles. The third-order valence-electron chi connectivity index (χ3n) is 6.88. The summed E-state index contributed by atoms with van der Waals surface area (Å²) in [5, 5.41) is 39.5. The van der Waals surface area contributed by atoms with E-state index in [9.17, 15) is 20.2 Å². The third-order valence-corrected chi connectivity index (χ3v) is 6.88. The lowest BCUT2D eigenvalue weighted by molar-refractivity contribution is -0.868. The predicted octanol–water partition coefficient (Wildman–Crippen LogP) is 7.32. The lowest BCUT2D eigenvalue weighted by atomic mass is 10.0. The van der Waals surface area contributed by atoms with Gasteiger partial charge < -0.3 is 9.38 Å². The molecule has 4 aromatic carbocycles. The maximum Gasteiger partial charge on any atom is 0.269 e. The van der Waals surface area contributed by atoms with E-state index in [4.69, 9.17) is 0 Å². The van der Waals surface area contributed by atoms with Crippen molar-refractivity contribution in [2.24, 2.45) is 20.4 Å². The summed E-state index contributed by atoms with van der Waals surface area (Å²) < 4.78 is 0.909. The van der Waals surface area contributed by atoms with E-state index in [-0.39, 0.29) is 11.4 Å². The summed E-state index contributed by atoms with van der Waals surface area (Å²) in [4.78, 5) is 23.5. The van der Waals surface area contributed by atoms with Crippen LogP contribution in [0.5, 0.6) is 0 Å². The second kappa shape index (κ2) is 14.7. The molecule has 12 nitrogen and oxygen atoms in total. The van der Waals surface area contributed by atoms with Crippen LogP contribution in [0.2, 0.25) is 0 Å². The molecule has 4 aromatic rings. The molecule has 0 atom stereocenters. The Labute approximate surface area is 261 Å². The van der Waals surface area contributed by atoms with Gasteiger partial charge in [-0.05, 0) is 73.2 Å². The van der Waals surface area contributed by atoms with Gasteiger partial charge >= 0.3 is 0 Å². The first-order valence-electron chi connectivity index (χ1n) is 14.3. The Morgan fingerprint density at radius 2 is 1.20 bits per heavy atom. The van der Waals surface area contributed by atoms with Crippen molar-refractivity contribution >= 4 is 40.4 Å². The number of likely N-dealkylation sites (N-methyl/N-ethyl adjacent to an activating group) is 2. The van der Waals surface area contributed by atoms with E-state index in [1.165, 1.54) is 24.3 Å². The smallest absolute Gasteiger partial charge is 0.269 e. The molecule has 0 saturated carbocycles. The van der Waals surface area contributed by atoms with Crippen LogP contribution in [0.15, 0.2) is 117 Å². The van der Waals surface area contributed by atoms with Crippen molar-refractivity contribution in [3.63, 3.8) is 0 Å². The lowest BCUT2D eigenvalue weighted by Gasteiger charge is -2.29. The van der Waals surface area contributed by atoms with Gasteiger partial charge in [0.05, 0.1) is 61.7 Å². The number of azo groups is 1. The molecule has 0 aliphatic rings. The van der Waals surface area contributed by atoms with Crippen LogP contribution in [-0.4, -0.2) is 67.0 Å². The molecule has 0 spiro atoms. The van der Waals surface area contributed by atoms with Gasteiger partial charge in [0.25, 0.3) is 11.4 Å². The van der Waals surface area contributed by atoms with Gasteiger partial charge in [0.1, 0.15) is 5.71 Å². The SMILES string of the molecule is CCN(CC[N+](C)(C)C)c1ccc(N=Nc2ccc(C=NN=C(c3ccc([N+](=O)[O-])cc3)c3ccc([N+](=O)[O-])cc3)cc2)cc1. The zero-order chi connectivity index (χ0) is 32.4. The number of nitro groups is 2. The highest BCUT2D eigenvalue weighted by Gasteiger charge is 2.13. The monoisotopic (exact) mass is 607 g/mol. The molecule has 12 heteroatoms. The number of hydrogen-bond donors (Lipinski definition) is 0. The second-order valence-corrected chi connectivity index (χ2v) is 11.2. The molecule has 0 amide bonds. The van der Waals surface area contributed by atoms with E-state index in [2.05, 4.69) is 65.5 Å². The molecule has 45 heavy (non-hydrogen) atoms. The van der Waals surface area contributed by atoms with E-state index in [0.717, 1.165) is 41.1 Å². The molecule has 230 valence electrons. The lowest BCUT2D eigenvalue weighted by Crippen LogP contribution is -2.42. The quantitative estimate of drug-likeness (QED) is 0.0515. The Morgan fingerprint density at radius 3 is 1.62 bits per heavy atom. The minimum atomic E-state index is -0.487. The Kier molecular flexibility index (Phi) is 10.6. The van der Waals surface area contributed by atoms with Crippen LogP contribution >= 0.6 is 0 Å². The second-order valence-electron chi connectivity index (χ2n) is 11.2. The number of non-ortho nitro benzene ring substituents is 2. The molecule has 0 radical (unpaired) electrons. The summed E-state index contributed by atoms with van der Waals surface area (Å²) in [5.41, 5.74) is 4.78. The van der Waals surface area contributed by atoms with Crippen LogP contribution in [0.4, 0.5) is 28.4 Å². The van der Waals surface area contributed by atoms with Gasteiger partial charge in [-0.25, -0.2) is 0 Å². The van der Waals surface area contributed by atoms with Gasteiger partial charge in [0, 0.05) is 47.6 Å². The van der Waals surface area contributed by atoms with Gasteiger partial charge in [-0.15, -0.1) is 5.10 Å². The van der Waals surface area contributed by atoms with Crippen molar-refractivity contribution in [3.05, 3.63) is 134 Å². The summed E-state index contributed by atoms with van der Waals surface area (Å²) >= 11 is 0. The van der Waals surface area contributed by atoms with Crippen molar-refractivity contribution in [2.45, 2.75) is 6.92 Å². The number of nitro benzene ring substituents is 2. The van der Waals surface area contributed by atoms with E-state index in [0.29, 0.717) is 22.5 Å². The van der Waals surface area contributed by atoms with Gasteiger partial charge in [-0.1, -0.05) is 12.1 Å². The fraction of sp³-hybridized carbons (Fsp3) is 0.212. The minimum Gasteiger partial charge on any atom is -0.366 e. The number of rotatable bonds is 13. The van der Waals surface area contributed by atoms with Gasteiger partial charge in [-0.2, -0.15) is 15.3 Å². The minimum absolute atomic E-state index is 0.0614. The van der Waals surface area contributed by atoms with Crippen molar-refractivity contribution in [2.75, 3.05) is 45.7 Å². The van der Waals surface area contributed by atoms with Crippen LogP contribution < -0.4 is 4.90 Å². The third kappa shape index (κ3) is 9.43. The number of nitrogens with zero attached hydrogens (tertiary/aromatic N) is 8. The molecule has 0 unspecified atom stereocenters. The molecule has 0 aliphatic carbocycles. The van der Waals surface area contributed by atoms with E-state index >= 15 is 0 Å². The van der Waals surface area contributed by atoms with E-state index in [1.807, 2.05) is 36.4 Å². The van der Waals surface area contributed by atoms with Crippen LogP contribution in [-0.2, 0) is 0 Å². The maximum atomic E-state index is 11.1. The van der Waals surface area contributed by atoms with Gasteiger partial charge in [-0.3, -0.25) is 20.2 Å². The first kappa shape index (κ1) is 32.3. The maximum absolute atomic E-state index is 11.1. The summed E-state index contributed by atoms with van der Waals surface area (Å²) in [6.45, 7) is 5.10. The number of anilines is 1. The summed E-state index contributed by atoms with van der Waals surface area (Å²) in [6, 6.07) is 27.1. The molecule has 0 aliphatic heterocycles. The highest BCUT2D eigenvalue weighted by molar-refractivity contribution is 6.13. The molecule has 4 rings (SSSR count). The van der Waals surface area contributed by atoms with Gasteiger partial charge in [0.15, 0.2) is 0 Å².